The molecule has 6 nitrogen and oxygen atoms in total. The Morgan fingerprint density at radius 2 is 1.64 bits per heavy atom. The number of rotatable bonds is 5. The van der Waals surface area contributed by atoms with Gasteiger partial charge in [0.25, 0.3) is 0 Å². The third-order valence-electron chi connectivity index (χ3n) is 6.22. The van der Waals surface area contributed by atoms with Crippen LogP contribution in [0.2, 0.25) is 0 Å². The van der Waals surface area contributed by atoms with Crippen LogP contribution in [0.3, 0.4) is 0 Å². The number of methoxy groups -OCH3 is 1. The van der Waals surface area contributed by atoms with Crippen LogP contribution in [0.5, 0.6) is 11.5 Å². The van der Waals surface area contributed by atoms with Crippen LogP contribution < -0.4 is 9.47 Å². The zero-order valence-electron chi connectivity index (χ0n) is 19.5. The fraction of sp³-hybridized carbons (Fsp3) is 0.407. The number of hydrogen-bond donors (Lipinski definition) is 0. The van der Waals surface area contributed by atoms with E-state index in [1.807, 2.05) is 12.1 Å². The second-order valence-corrected chi connectivity index (χ2v) is 9.57. The van der Waals surface area contributed by atoms with Crippen LogP contribution in [-0.2, 0) is 19.7 Å². The normalized spacial score (nSPS) is 22.5. The van der Waals surface area contributed by atoms with Gasteiger partial charge in [-0.1, -0.05) is 32.9 Å². The van der Waals surface area contributed by atoms with Gasteiger partial charge < -0.3 is 18.9 Å². The van der Waals surface area contributed by atoms with Crippen LogP contribution in [0, 0.1) is 5.92 Å². The number of carbonyl (C=O) groups excluding carboxylic acids is 2. The quantitative estimate of drug-likeness (QED) is 0.583. The summed E-state index contributed by atoms with van der Waals surface area (Å²) in [6.45, 7) is 6.39. The first-order valence-electron chi connectivity index (χ1n) is 11.3. The van der Waals surface area contributed by atoms with E-state index in [4.69, 9.17) is 18.9 Å². The Hall–Kier alpha value is -3.28. The summed E-state index contributed by atoms with van der Waals surface area (Å²) >= 11 is 0. The zero-order chi connectivity index (χ0) is 23.6. The summed E-state index contributed by atoms with van der Waals surface area (Å²) in [7, 11) is 1.59. The van der Waals surface area contributed by atoms with Crippen LogP contribution >= 0.6 is 0 Å². The fourth-order valence-electron chi connectivity index (χ4n) is 4.21. The molecule has 0 N–H and O–H groups in total. The molecule has 1 aliphatic carbocycles. The van der Waals surface area contributed by atoms with Crippen LogP contribution in [0.4, 0.5) is 0 Å². The van der Waals surface area contributed by atoms with Gasteiger partial charge in [-0.15, -0.1) is 0 Å². The van der Waals surface area contributed by atoms with Gasteiger partial charge in [0.05, 0.1) is 18.6 Å². The first-order valence-corrected chi connectivity index (χ1v) is 11.3. The molecule has 6 heteroatoms. The van der Waals surface area contributed by atoms with E-state index in [1.165, 1.54) is 6.26 Å². The predicted molar refractivity (Wildman–Crippen MR) is 123 cm³/mol. The highest BCUT2D eigenvalue weighted by Crippen LogP contribution is 2.35. The Labute approximate surface area is 194 Å². The summed E-state index contributed by atoms with van der Waals surface area (Å²) < 4.78 is 22.4. The number of allylic oxidation sites excluding steroid dienone is 1. The lowest BCUT2D eigenvalue weighted by molar-refractivity contribution is -0.132. The highest BCUT2D eigenvalue weighted by molar-refractivity contribution is 5.96. The van der Waals surface area contributed by atoms with E-state index in [0.717, 1.165) is 5.56 Å². The van der Waals surface area contributed by atoms with Crippen molar-refractivity contribution >= 4 is 11.8 Å². The van der Waals surface area contributed by atoms with E-state index in [1.54, 1.807) is 43.5 Å². The van der Waals surface area contributed by atoms with Gasteiger partial charge in [-0.25, -0.2) is 4.79 Å². The monoisotopic (exact) mass is 450 g/mol. The number of ketones is 1. The second kappa shape index (κ2) is 9.30. The van der Waals surface area contributed by atoms with Crippen molar-refractivity contribution in [2.75, 3.05) is 7.11 Å². The van der Waals surface area contributed by atoms with Gasteiger partial charge in [0, 0.05) is 6.42 Å². The van der Waals surface area contributed by atoms with Crippen molar-refractivity contribution < 1.29 is 28.5 Å². The van der Waals surface area contributed by atoms with Gasteiger partial charge in [-0.05, 0) is 60.2 Å². The minimum absolute atomic E-state index is 0.0230. The molecule has 1 fully saturated rings. The summed E-state index contributed by atoms with van der Waals surface area (Å²) in [6, 6.07) is 14.6. The number of benzene rings is 2. The number of carbonyl (C=O) groups is 2. The molecule has 1 aliphatic heterocycles. The maximum absolute atomic E-state index is 12.9. The molecule has 1 saturated carbocycles. The van der Waals surface area contributed by atoms with Gasteiger partial charge in [-0.3, -0.25) is 4.79 Å². The lowest BCUT2D eigenvalue weighted by atomic mass is 9.80. The van der Waals surface area contributed by atoms with E-state index in [2.05, 4.69) is 20.8 Å². The lowest BCUT2D eigenvalue weighted by Crippen LogP contribution is -2.43. The summed E-state index contributed by atoms with van der Waals surface area (Å²) in [5, 5.41) is 0. The molecule has 0 spiro atoms. The first kappa shape index (κ1) is 22.9. The maximum Gasteiger partial charge on any atom is 0.338 e. The van der Waals surface area contributed by atoms with Crippen LogP contribution in [0.25, 0.3) is 0 Å². The van der Waals surface area contributed by atoms with Crippen molar-refractivity contribution in [3.8, 4) is 11.5 Å². The molecular formula is C27H30O6. The molecule has 174 valence electrons. The molecule has 0 radical (unpaired) electrons. The van der Waals surface area contributed by atoms with Gasteiger partial charge in [0.2, 0.25) is 11.5 Å². The van der Waals surface area contributed by atoms with E-state index in [9.17, 15) is 9.59 Å². The molecule has 2 aliphatic rings. The maximum atomic E-state index is 12.9. The van der Waals surface area contributed by atoms with Crippen LogP contribution in [0.15, 0.2) is 60.6 Å². The minimum Gasteiger partial charge on any atom is -0.497 e. The van der Waals surface area contributed by atoms with Gasteiger partial charge in [0.1, 0.15) is 30.0 Å². The largest absolute Gasteiger partial charge is 0.497 e. The smallest absolute Gasteiger partial charge is 0.338 e. The van der Waals surface area contributed by atoms with Gasteiger partial charge >= 0.3 is 5.97 Å². The van der Waals surface area contributed by atoms with Crippen molar-refractivity contribution in [3.05, 3.63) is 71.7 Å². The number of hydrogen-bond acceptors (Lipinski definition) is 6. The highest BCUT2D eigenvalue weighted by atomic mass is 16.6. The number of fused-ring (bicyclic) bond motifs is 1. The Morgan fingerprint density at radius 3 is 2.27 bits per heavy atom. The molecule has 4 rings (SSSR count). The molecule has 0 bridgehead atoms. The van der Waals surface area contributed by atoms with Crippen molar-refractivity contribution in [2.45, 2.75) is 57.7 Å². The summed E-state index contributed by atoms with van der Waals surface area (Å²) in [4.78, 5) is 25.6. The summed E-state index contributed by atoms with van der Waals surface area (Å²) in [5.74, 6) is 0.711. The van der Waals surface area contributed by atoms with Crippen molar-refractivity contribution in [3.63, 3.8) is 0 Å². The Kier molecular flexibility index (Phi) is 6.45. The third kappa shape index (κ3) is 5.21. The van der Waals surface area contributed by atoms with E-state index < -0.39 is 0 Å². The van der Waals surface area contributed by atoms with Crippen molar-refractivity contribution in [2.24, 2.45) is 5.92 Å². The average molecular weight is 451 g/mol. The number of Topliss-reactive ketones (excluding diaryl/α,β-unsaturated/α-hetero) is 1. The van der Waals surface area contributed by atoms with Gasteiger partial charge in [-0.2, -0.15) is 0 Å². The molecule has 0 aromatic heterocycles. The first-order chi connectivity index (χ1) is 15.7. The molecular weight excluding hydrogens is 420 g/mol. The van der Waals surface area contributed by atoms with Crippen LogP contribution in [-0.4, -0.2) is 31.1 Å². The Balaban J connectivity index is 1.35. The van der Waals surface area contributed by atoms with E-state index in [-0.39, 0.29) is 41.1 Å². The molecule has 3 atom stereocenters. The minimum atomic E-state index is -0.347. The molecule has 3 unspecified atom stereocenters. The molecule has 0 saturated heterocycles. The molecule has 2 aromatic rings. The SMILES string of the molecule is COc1ccc(OC2=COC3CC(OC(=O)c4ccc(C(C)(C)C)cc4)CCC3C2=O)cc1. The number of esters is 1. The number of ether oxygens (including phenoxy) is 4. The Bertz CT molecular complexity index is 1030. The molecule has 0 amide bonds. The molecule has 33 heavy (non-hydrogen) atoms. The third-order valence-corrected chi connectivity index (χ3v) is 6.22. The standard InChI is InChI=1S/C27H30O6/c1-27(2,3)18-7-5-17(6-8-18)26(29)33-21-13-14-22-23(15-21)31-16-24(25(22)28)32-20-11-9-19(30-4)10-12-20/h5-12,16,21-23H,13-15H2,1-4H3. The fourth-order valence-corrected chi connectivity index (χ4v) is 4.21. The summed E-state index contributed by atoms with van der Waals surface area (Å²) in [5.41, 5.74) is 1.71. The van der Waals surface area contributed by atoms with Crippen LogP contribution in [0.1, 0.15) is 56.0 Å². The molecule has 1 heterocycles. The second-order valence-electron chi connectivity index (χ2n) is 9.57. The van der Waals surface area contributed by atoms with E-state index in [0.29, 0.717) is 36.3 Å². The Morgan fingerprint density at radius 1 is 0.970 bits per heavy atom. The zero-order valence-corrected chi connectivity index (χ0v) is 19.5. The molecule has 2 aromatic carbocycles. The average Bonchev–Trinajstić information content (AvgIpc) is 2.81. The van der Waals surface area contributed by atoms with Gasteiger partial charge in [0.15, 0.2) is 0 Å². The topological polar surface area (TPSA) is 71.1 Å². The predicted octanol–water partition coefficient (Wildman–Crippen LogP) is 5.21. The van der Waals surface area contributed by atoms with Crippen molar-refractivity contribution in [1.82, 2.24) is 0 Å². The highest BCUT2D eigenvalue weighted by Gasteiger charge is 2.42. The lowest BCUT2D eigenvalue weighted by Gasteiger charge is -2.36. The van der Waals surface area contributed by atoms with E-state index >= 15 is 0 Å². The van der Waals surface area contributed by atoms with Crippen molar-refractivity contribution in [1.29, 1.82) is 0 Å². The summed E-state index contributed by atoms with van der Waals surface area (Å²) in [6.07, 6.45) is 2.44.